The number of nitrogens with zero attached hydrogens (tertiary/aromatic N) is 1. The second-order valence-corrected chi connectivity index (χ2v) is 7.24. The number of rotatable bonds is 5. The Morgan fingerprint density at radius 2 is 1.79 bits per heavy atom. The molecule has 0 aliphatic carbocycles. The van der Waals surface area contributed by atoms with Crippen LogP contribution in [0.4, 0.5) is 8.78 Å². The highest BCUT2D eigenvalue weighted by atomic mass is 19.1. The fourth-order valence-corrected chi connectivity index (χ4v) is 3.38. The van der Waals surface area contributed by atoms with Crippen LogP contribution >= 0.6 is 0 Å². The smallest absolute Gasteiger partial charge is 0.329 e. The molecule has 1 aromatic heterocycles. The SMILES string of the molecule is CC(C)C(C(=O)N[C@@H](C)c1ccc(F)cc1F)n1c(=O)[nH]c2ccccc2c1=O.[HH].[HH]. The molecule has 1 amide bonds. The number of para-hydroxylation sites is 1. The number of aromatic nitrogens is 2. The van der Waals surface area contributed by atoms with Crippen LogP contribution in [0.25, 0.3) is 10.9 Å². The van der Waals surface area contributed by atoms with Crippen LogP contribution in [0.1, 0.15) is 41.3 Å². The van der Waals surface area contributed by atoms with Crippen molar-refractivity contribution in [3.63, 3.8) is 0 Å². The molecule has 1 unspecified atom stereocenters. The van der Waals surface area contributed by atoms with Crippen molar-refractivity contribution in [3.8, 4) is 0 Å². The van der Waals surface area contributed by atoms with Crippen molar-refractivity contribution in [1.29, 1.82) is 0 Å². The molecule has 0 aliphatic heterocycles. The van der Waals surface area contributed by atoms with Crippen LogP contribution in [0.5, 0.6) is 0 Å². The molecule has 0 saturated heterocycles. The van der Waals surface area contributed by atoms with Gasteiger partial charge in [-0.05, 0) is 31.0 Å². The van der Waals surface area contributed by atoms with Gasteiger partial charge in [-0.15, -0.1) is 0 Å². The van der Waals surface area contributed by atoms with Gasteiger partial charge >= 0.3 is 5.69 Å². The molecule has 1 heterocycles. The van der Waals surface area contributed by atoms with Gasteiger partial charge < -0.3 is 10.3 Å². The van der Waals surface area contributed by atoms with Crippen molar-refractivity contribution in [2.45, 2.75) is 32.9 Å². The number of amides is 1. The average molecular weight is 405 g/mol. The molecule has 3 rings (SSSR count). The Bertz CT molecular complexity index is 1190. The number of aromatic amines is 1. The topological polar surface area (TPSA) is 84.0 Å². The third-order valence-electron chi connectivity index (χ3n) is 4.80. The molecule has 2 aromatic carbocycles. The second-order valence-electron chi connectivity index (χ2n) is 7.24. The Morgan fingerprint density at radius 1 is 1.10 bits per heavy atom. The fourth-order valence-electron chi connectivity index (χ4n) is 3.38. The van der Waals surface area contributed by atoms with Gasteiger partial charge in [-0.3, -0.25) is 9.59 Å². The molecule has 0 radical (unpaired) electrons. The molecule has 0 saturated carbocycles. The maximum atomic E-state index is 14.0. The molecular weight excluding hydrogens is 380 g/mol. The van der Waals surface area contributed by atoms with E-state index < -0.39 is 46.8 Å². The summed E-state index contributed by atoms with van der Waals surface area (Å²) in [6.07, 6.45) is 0. The summed E-state index contributed by atoms with van der Waals surface area (Å²) >= 11 is 0. The van der Waals surface area contributed by atoms with E-state index in [2.05, 4.69) is 10.3 Å². The third kappa shape index (κ3) is 3.96. The molecule has 0 bridgehead atoms. The lowest BCUT2D eigenvalue weighted by Gasteiger charge is -2.24. The zero-order chi connectivity index (χ0) is 21.3. The molecular formula is C21H25F2N3O3. The van der Waals surface area contributed by atoms with E-state index in [0.717, 1.165) is 16.7 Å². The Hall–Kier alpha value is -3.29. The van der Waals surface area contributed by atoms with Gasteiger partial charge in [0.2, 0.25) is 5.91 Å². The first-order valence-corrected chi connectivity index (χ1v) is 9.19. The molecule has 3 aromatic rings. The highest BCUT2D eigenvalue weighted by Crippen LogP contribution is 2.21. The first-order valence-electron chi connectivity index (χ1n) is 9.19. The lowest BCUT2D eigenvalue weighted by molar-refractivity contribution is -0.126. The highest BCUT2D eigenvalue weighted by Gasteiger charge is 2.29. The van der Waals surface area contributed by atoms with Crippen LogP contribution in [-0.2, 0) is 4.79 Å². The minimum atomic E-state index is -1.11. The number of halogens is 2. The van der Waals surface area contributed by atoms with E-state index in [-0.39, 0.29) is 13.8 Å². The van der Waals surface area contributed by atoms with E-state index in [1.807, 2.05) is 0 Å². The average Bonchev–Trinajstić information content (AvgIpc) is 2.64. The standard InChI is InChI=1S/C21H21F2N3O3.2H2/c1-11(2)18(19(27)24-12(3)14-9-8-13(22)10-16(14)23)26-20(28)15-6-4-5-7-17(15)25-21(26)29;;/h4-12,18H,1-3H3,(H,24,27)(H,25,29);2*1H/t12-,18?;;/m0../s1. The first-order chi connectivity index (χ1) is 13.7. The van der Waals surface area contributed by atoms with Gasteiger partial charge in [-0.2, -0.15) is 0 Å². The molecule has 2 N–H and O–H groups in total. The van der Waals surface area contributed by atoms with Crippen LogP contribution in [-0.4, -0.2) is 15.5 Å². The number of carbonyl (C=O) groups excluding carboxylic acids is 1. The summed E-state index contributed by atoms with van der Waals surface area (Å²) in [4.78, 5) is 41.1. The van der Waals surface area contributed by atoms with E-state index in [1.54, 1.807) is 45.0 Å². The van der Waals surface area contributed by atoms with E-state index in [0.29, 0.717) is 5.52 Å². The zero-order valence-electron chi connectivity index (χ0n) is 16.2. The summed E-state index contributed by atoms with van der Waals surface area (Å²) in [5, 5.41) is 2.91. The van der Waals surface area contributed by atoms with Crippen molar-refractivity contribution in [3.05, 3.63) is 80.5 Å². The minimum absolute atomic E-state index is 0. The summed E-state index contributed by atoms with van der Waals surface area (Å²) in [5.41, 5.74) is -0.813. The number of hydrogen-bond donors (Lipinski definition) is 2. The Kier molecular flexibility index (Phi) is 5.63. The van der Waals surface area contributed by atoms with Crippen LogP contribution < -0.4 is 16.6 Å². The Balaban J connectivity index is 0.00000240. The van der Waals surface area contributed by atoms with E-state index >= 15 is 0 Å². The number of fused-ring (bicyclic) bond motifs is 1. The van der Waals surface area contributed by atoms with Crippen molar-refractivity contribution in [1.82, 2.24) is 14.9 Å². The fraction of sp³-hybridized carbons (Fsp3) is 0.286. The molecule has 8 heteroatoms. The molecule has 0 spiro atoms. The molecule has 156 valence electrons. The monoisotopic (exact) mass is 405 g/mol. The molecule has 2 atom stereocenters. The quantitative estimate of drug-likeness (QED) is 0.681. The van der Waals surface area contributed by atoms with Crippen LogP contribution in [0.2, 0.25) is 0 Å². The number of carbonyl (C=O) groups is 1. The lowest BCUT2D eigenvalue weighted by atomic mass is 10.0. The van der Waals surface area contributed by atoms with E-state index in [4.69, 9.17) is 0 Å². The number of H-pyrrole nitrogens is 1. The normalized spacial score (nSPS) is 13.4. The van der Waals surface area contributed by atoms with Crippen molar-refractivity contribution < 1.29 is 16.4 Å². The summed E-state index contributed by atoms with van der Waals surface area (Å²) in [7, 11) is 0. The van der Waals surface area contributed by atoms with Gasteiger partial charge in [0.1, 0.15) is 17.7 Å². The summed E-state index contributed by atoms with van der Waals surface area (Å²) in [6, 6.07) is 7.69. The van der Waals surface area contributed by atoms with Crippen molar-refractivity contribution in [2.75, 3.05) is 0 Å². The molecule has 0 fully saturated rings. The van der Waals surface area contributed by atoms with Crippen LogP contribution in [0.3, 0.4) is 0 Å². The Labute approximate surface area is 168 Å². The Morgan fingerprint density at radius 3 is 2.45 bits per heavy atom. The van der Waals surface area contributed by atoms with Gasteiger partial charge in [0, 0.05) is 14.5 Å². The van der Waals surface area contributed by atoms with Crippen molar-refractivity contribution in [2.24, 2.45) is 5.92 Å². The summed E-state index contributed by atoms with van der Waals surface area (Å²) in [5.74, 6) is -2.53. The number of hydrogen-bond acceptors (Lipinski definition) is 3. The maximum Gasteiger partial charge on any atom is 0.329 e. The molecule has 29 heavy (non-hydrogen) atoms. The number of nitrogens with one attached hydrogen (secondary N) is 2. The first kappa shape index (κ1) is 20.4. The van der Waals surface area contributed by atoms with Gasteiger partial charge in [0.15, 0.2) is 0 Å². The summed E-state index contributed by atoms with van der Waals surface area (Å²) in [6.45, 7) is 4.95. The summed E-state index contributed by atoms with van der Waals surface area (Å²) < 4.78 is 28.1. The predicted octanol–water partition coefficient (Wildman–Crippen LogP) is 3.53. The lowest BCUT2D eigenvalue weighted by Crippen LogP contribution is -2.47. The zero-order valence-corrected chi connectivity index (χ0v) is 16.2. The predicted molar refractivity (Wildman–Crippen MR) is 110 cm³/mol. The molecule has 6 nitrogen and oxygen atoms in total. The van der Waals surface area contributed by atoms with Gasteiger partial charge in [0.25, 0.3) is 5.56 Å². The highest BCUT2D eigenvalue weighted by molar-refractivity contribution is 5.82. The van der Waals surface area contributed by atoms with Gasteiger partial charge in [-0.25, -0.2) is 18.1 Å². The van der Waals surface area contributed by atoms with E-state index in [9.17, 15) is 23.2 Å². The van der Waals surface area contributed by atoms with Gasteiger partial charge in [0.05, 0.1) is 16.9 Å². The largest absolute Gasteiger partial charge is 0.348 e. The van der Waals surface area contributed by atoms with E-state index in [1.165, 1.54) is 6.07 Å². The minimum Gasteiger partial charge on any atom is -0.348 e. The van der Waals surface area contributed by atoms with Crippen LogP contribution in [0.15, 0.2) is 52.1 Å². The van der Waals surface area contributed by atoms with Crippen molar-refractivity contribution >= 4 is 16.8 Å². The third-order valence-corrected chi connectivity index (χ3v) is 4.80. The van der Waals surface area contributed by atoms with Gasteiger partial charge in [-0.1, -0.05) is 32.0 Å². The maximum absolute atomic E-state index is 14.0. The second kappa shape index (κ2) is 7.98. The molecule has 0 aliphatic rings. The van der Waals surface area contributed by atoms with Crippen LogP contribution in [0, 0.1) is 17.6 Å². The number of benzene rings is 2.